The van der Waals surface area contributed by atoms with Crippen LogP contribution < -0.4 is 20.8 Å². The number of carbonyl (C=O) groups is 3. The van der Waals surface area contributed by atoms with Gasteiger partial charge < -0.3 is 15.4 Å². The van der Waals surface area contributed by atoms with Gasteiger partial charge in [0.05, 0.1) is 6.21 Å². The summed E-state index contributed by atoms with van der Waals surface area (Å²) in [6.07, 6.45) is 1.34. The first-order valence-electron chi connectivity index (χ1n) is 10.6. The average Bonchev–Trinajstić information content (AvgIpc) is 2.82. The first-order valence-corrected chi connectivity index (χ1v) is 10.6. The van der Waals surface area contributed by atoms with Crippen LogP contribution in [-0.2, 0) is 14.4 Å². The van der Waals surface area contributed by atoms with Gasteiger partial charge in [-0.3, -0.25) is 14.4 Å². The zero-order chi connectivity index (χ0) is 24.5. The highest BCUT2D eigenvalue weighted by atomic mass is 16.5. The maximum absolute atomic E-state index is 12.3. The highest BCUT2D eigenvalue weighted by Crippen LogP contribution is 2.19. The molecule has 3 amide bonds. The average molecular weight is 459 g/mol. The van der Waals surface area contributed by atoms with Gasteiger partial charge in [-0.25, -0.2) is 5.43 Å². The highest BCUT2D eigenvalue weighted by molar-refractivity contribution is 6.39. The molecule has 0 fully saturated rings. The molecule has 174 valence electrons. The Labute approximate surface area is 198 Å². The molecule has 0 aliphatic carbocycles. The van der Waals surface area contributed by atoms with Gasteiger partial charge in [-0.2, -0.15) is 5.10 Å². The summed E-state index contributed by atoms with van der Waals surface area (Å²) in [4.78, 5) is 36.4. The molecular formula is C26H26N4O4. The van der Waals surface area contributed by atoms with E-state index in [4.69, 9.17) is 4.74 Å². The molecule has 0 unspecified atom stereocenters. The summed E-state index contributed by atoms with van der Waals surface area (Å²) in [6.45, 7) is 5.63. The number of rotatable bonds is 7. The summed E-state index contributed by atoms with van der Waals surface area (Å²) in [5.74, 6) is -1.65. The molecule has 0 radical (unpaired) electrons. The summed E-state index contributed by atoms with van der Waals surface area (Å²) < 4.78 is 5.64. The van der Waals surface area contributed by atoms with Crippen molar-refractivity contribution in [2.45, 2.75) is 20.8 Å². The fourth-order valence-electron chi connectivity index (χ4n) is 2.97. The molecular weight excluding hydrogens is 432 g/mol. The quantitative estimate of drug-likeness (QED) is 0.285. The van der Waals surface area contributed by atoms with Crippen LogP contribution in [0, 0.1) is 20.8 Å². The van der Waals surface area contributed by atoms with Crippen LogP contribution in [0.15, 0.2) is 71.8 Å². The number of ether oxygens (including phenoxy) is 1. The number of para-hydroxylation sites is 1. The van der Waals surface area contributed by atoms with Crippen molar-refractivity contribution in [2.24, 2.45) is 5.10 Å². The lowest BCUT2D eigenvalue weighted by molar-refractivity contribution is -0.136. The van der Waals surface area contributed by atoms with Crippen molar-refractivity contribution in [3.63, 3.8) is 0 Å². The molecule has 0 aromatic heterocycles. The molecule has 0 aliphatic heterocycles. The maximum atomic E-state index is 12.3. The van der Waals surface area contributed by atoms with Crippen LogP contribution in [0.4, 0.5) is 11.4 Å². The first-order chi connectivity index (χ1) is 16.3. The number of carbonyl (C=O) groups excluding carboxylic acids is 3. The van der Waals surface area contributed by atoms with Crippen LogP contribution >= 0.6 is 0 Å². The lowest BCUT2D eigenvalue weighted by atomic mass is 10.1. The Morgan fingerprint density at radius 1 is 0.853 bits per heavy atom. The number of hydrazone groups is 1. The molecule has 34 heavy (non-hydrogen) atoms. The maximum Gasteiger partial charge on any atom is 0.329 e. The van der Waals surface area contributed by atoms with Gasteiger partial charge in [0, 0.05) is 16.9 Å². The van der Waals surface area contributed by atoms with E-state index >= 15 is 0 Å². The van der Waals surface area contributed by atoms with Crippen LogP contribution in [0.5, 0.6) is 5.75 Å². The van der Waals surface area contributed by atoms with Crippen molar-refractivity contribution >= 4 is 35.3 Å². The van der Waals surface area contributed by atoms with Gasteiger partial charge in [0.2, 0.25) is 0 Å². The van der Waals surface area contributed by atoms with Crippen molar-refractivity contribution < 1.29 is 19.1 Å². The number of hydrogen-bond acceptors (Lipinski definition) is 5. The van der Waals surface area contributed by atoms with E-state index in [1.807, 2.05) is 51.1 Å². The summed E-state index contributed by atoms with van der Waals surface area (Å²) in [7, 11) is 0. The van der Waals surface area contributed by atoms with Crippen molar-refractivity contribution in [1.82, 2.24) is 5.43 Å². The normalized spacial score (nSPS) is 10.6. The van der Waals surface area contributed by atoms with Gasteiger partial charge in [-0.05, 0) is 62.2 Å². The van der Waals surface area contributed by atoms with Gasteiger partial charge >= 0.3 is 11.8 Å². The molecule has 3 aromatic carbocycles. The second-order valence-corrected chi connectivity index (χ2v) is 7.64. The van der Waals surface area contributed by atoms with E-state index in [-0.39, 0.29) is 12.5 Å². The predicted octanol–water partition coefficient (Wildman–Crippen LogP) is 3.72. The zero-order valence-electron chi connectivity index (χ0n) is 19.2. The Morgan fingerprint density at radius 2 is 1.59 bits per heavy atom. The SMILES string of the molecule is Cc1ccc(NC(=O)C(=O)N/N=C\c2ccccc2OCC(=O)Nc2cccc(C)c2C)cc1. The minimum absolute atomic E-state index is 0.205. The van der Waals surface area contributed by atoms with Gasteiger partial charge in [-0.1, -0.05) is 42.0 Å². The standard InChI is InChI=1S/C26H26N4O4/c1-17-11-13-21(14-12-17)28-25(32)26(33)30-27-15-20-8-4-5-10-23(20)34-16-24(31)29-22-9-6-7-18(2)19(22)3/h4-15H,16H2,1-3H3,(H,28,32)(H,29,31)(H,30,33)/b27-15-. The Kier molecular flexibility index (Phi) is 8.12. The van der Waals surface area contributed by atoms with Crippen LogP contribution in [0.1, 0.15) is 22.3 Å². The molecule has 3 N–H and O–H groups in total. The topological polar surface area (TPSA) is 109 Å². The highest BCUT2D eigenvalue weighted by Gasteiger charge is 2.13. The Balaban J connectivity index is 1.54. The molecule has 0 spiro atoms. The lowest BCUT2D eigenvalue weighted by Gasteiger charge is -2.12. The Bertz CT molecular complexity index is 1220. The van der Waals surface area contributed by atoms with Crippen LogP contribution in [0.25, 0.3) is 0 Å². The number of anilines is 2. The molecule has 0 aliphatic rings. The van der Waals surface area contributed by atoms with Crippen LogP contribution in [0.3, 0.4) is 0 Å². The monoisotopic (exact) mass is 458 g/mol. The van der Waals surface area contributed by atoms with E-state index in [0.29, 0.717) is 17.0 Å². The van der Waals surface area contributed by atoms with E-state index in [0.717, 1.165) is 22.4 Å². The minimum atomic E-state index is -0.914. The van der Waals surface area contributed by atoms with E-state index in [2.05, 4.69) is 21.2 Å². The van der Waals surface area contributed by atoms with Gasteiger partial charge in [0.25, 0.3) is 5.91 Å². The largest absolute Gasteiger partial charge is 0.483 e. The first kappa shape index (κ1) is 24.2. The molecule has 0 bridgehead atoms. The smallest absolute Gasteiger partial charge is 0.329 e. The second-order valence-electron chi connectivity index (χ2n) is 7.64. The van der Waals surface area contributed by atoms with Gasteiger partial charge in [0.1, 0.15) is 5.75 Å². The van der Waals surface area contributed by atoms with Crippen LogP contribution in [0.2, 0.25) is 0 Å². The summed E-state index contributed by atoms with van der Waals surface area (Å²) in [5.41, 5.74) is 7.06. The minimum Gasteiger partial charge on any atom is -0.483 e. The van der Waals surface area contributed by atoms with E-state index < -0.39 is 11.8 Å². The van der Waals surface area contributed by atoms with Crippen molar-refractivity contribution in [1.29, 1.82) is 0 Å². The number of aryl methyl sites for hydroxylation is 2. The number of benzene rings is 3. The lowest BCUT2D eigenvalue weighted by Crippen LogP contribution is -2.32. The summed E-state index contributed by atoms with van der Waals surface area (Å²) >= 11 is 0. The van der Waals surface area contributed by atoms with E-state index in [9.17, 15) is 14.4 Å². The molecule has 3 rings (SSSR count). The third kappa shape index (κ3) is 6.77. The molecule has 8 heteroatoms. The zero-order valence-corrected chi connectivity index (χ0v) is 19.2. The molecule has 0 saturated heterocycles. The fourth-order valence-corrected chi connectivity index (χ4v) is 2.97. The van der Waals surface area contributed by atoms with Gasteiger partial charge in [0.15, 0.2) is 6.61 Å². The molecule has 0 saturated carbocycles. The van der Waals surface area contributed by atoms with Crippen molar-refractivity contribution in [2.75, 3.05) is 17.2 Å². The summed E-state index contributed by atoms with van der Waals surface area (Å²) in [6, 6.07) is 19.6. The van der Waals surface area contributed by atoms with Crippen molar-refractivity contribution in [3.8, 4) is 5.75 Å². The predicted molar refractivity (Wildman–Crippen MR) is 132 cm³/mol. The van der Waals surface area contributed by atoms with Crippen LogP contribution in [-0.4, -0.2) is 30.5 Å². The number of amides is 3. The van der Waals surface area contributed by atoms with E-state index in [1.165, 1.54) is 6.21 Å². The van der Waals surface area contributed by atoms with Crippen molar-refractivity contribution in [3.05, 3.63) is 89.0 Å². The molecule has 8 nitrogen and oxygen atoms in total. The number of nitrogens with zero attached hydrogens (tertiary/aromatic N) is 1. The molecule has 0 atom stereocenters. The van der Waals surface area contributed by atoms with Gasteiger partial charge in [-0.15, -0.1) is 0 Å². The number of hydrogen-bond donors (Lipinski definition) is 3. The number of nitrogens with one attached hydrogen (secondary N) is 3. The third-order valence-corrected chi connectivity index (χ3v) is 5.04. The Hall–Kier alpha value is -4.46. The molecule has 3 aromatic rings. The third-order valence-electron chi connectivity index (χ3n) is 5.04. The summed E-state index contributed by atoms with van der Waals surface area (Å²) in [5, 5.41) is 9.16. The Morgan fingerprint density at radius 3 is 2.35 bits per heavy atom. The second kappa shape index (κ2) is 11.4. The fraction of sp³-hybridized carbons (Fsp3) is 0.154. The molecule has 0 heterocycles. The van der Waals surface area contributed by atoms with E-state index in [1.54, 1.807) is 36.4 Å².